The van der Waals surface area contributed by atoms with Gasteiger partial charge in [-0.2, -0.15) is 0 Å². The number of benzene rings is 2. The third-order valence-electron chi connectivity index (χ3n) is 5.19. The van der Waals surface area contributed by atoms with Crippen molar-refractivity contribution >= 4 is 29.3 Å². The minimum absolute atomic E-state index is 0.0109. The number of carbonyl (C=O) groups is 2. The van der Waals surface area contributed by atoms with Gasteiger partial charge in [-0.15, -0.1) is 0 Å². The van der Waals surface area contributed by atoms with Gasteiger partial charge >= 0.3 is 0 Å². The summed E-state index contributed by atoms with van der Waals surface area (Å²) < 4.78 is 0. The molecule has 5 nitrogen and oxygen atoms in total. The highest BCUT2D eigenvalue weighted by molar-refractivity contribution is 7.99. The van der Waals surface area contributed by atoms with E-state index in [0.717, 1.165) is 28.4 Å². The SMILES string of the molecule is CC(=O)Nc1cccc(Sc2ccc(C(=O)NC3CC4CC3CN4)cc2)c1. The molecule has 2 aliphatic rings. The Labute approximate surface area is 163 Å². The number of hydrogen-bond acceptors (Lipinski definition) is 4. The molecular weight excluding hydrogens is 358 g/mol. The molecule has 3 N–H and O–H groups in total. The quantitative estimate of drug-likeness (QED) is 0.743. The van der Waals surface area contributed by atoms with Crippen LogP contribution in [0.5, 0.6) is 0 Å². The van der Waals surface area contributed by atoms with Gasteiger partial charge in [0.2, 0.25) is 5.91 Å². The smallest absolute Gasteiger partial charge is 0.251 e. The minimum atomic E-state index is -0.0845. The third kappa shape index (κ3) is 4.34. The summed E-state index contributed by atoms with van der Waals surface area (Å²) in [6.07, 6.45) is 2.22. The van der Waals surface area contributed by atoms with Crippen LogP contribution in [0.4, 0.5) is 5.69 Å². The Morgan fingerprint density at radius 2 is 1.89 bits per heavy atom. The molecule has 27 heavy (non-hydrogen) atoms. The average molecular weight is 382 g/mol. The summed E-state index contributed by atoms with van der Waals surface area (Å²) in [7, 11) is 0. The van der Waals surface area contributed by atoms with Crippen LogP contribution in [0.1, 0.15) is 30.1 Å². The van der Waals surface area contributed by atoms with Crippen molar-refractivity contribution in [2.45, 2.75) is 41.6 Å². The van der Waals surface area contributed by atoms with Crippen molar-refractivity contribution < 1.29 is 9.59 Å². The molecule has 1 aliphatic carbocycles. The van der Waals surface area contributed by atoms with E-state index in [1.807, 2.05) is 48.5 Å². The largest absolute Gasteiger partial charge is 0.349 e. The molecule has 1 saturated carbocycles. The van der Waals surface area contributed by atoms with Crippen molar-refractivity contribution in [3.8, 4) is 0 Å². The second kappa shape index (κ2) is 7.74. The first-order chi connectivity index (χ1) is 13.1. The van der Waals surface area contributed by atoms with Gasteiger partial charge in [0.25, 0.3) is 5.91 Å². The zero-order valence-electron chi connectivity index (χ0n) is 15.2. The first-order valence-corrected chi connectivity index (χ1v) is 10.1. The predicted molar refractivity (Wildman–Crippen MR) is 107 cm³/mol. The molecule has 1 heterocycles. The van der Waals surface area contributed by atoms with E-state index in [2.05, 4.69) is 16.0 Å². The van der Waals surface area contributed by atoms with Crippen LogP contribution in [0.2, 0.25) is 0 Å². The van der Waals surface area contributed by atoms with Crippen molar-refractivity contribution in [1.29, 1.82) is 0 Å². The van der Waals surface area contributed by atoms with Crippen LogP contribution in [0.15, 0.2) is 58.3 Å². The maximum atomic E-state index is 12.5. The molecule has 3 atom stereocenters. The van der Waals surface area contributed by atoms with Gasteiger partial charge in [-0.1, -0.05) is 17.8 Å². The monoisotopic (exact) mass is 381 g/mol. The minimum Gasteiger partial charge on any atom is -0.349 e. The number of fused-ring (bicyclic) bond motifs is 2. The lowest BCUT2D eigenvalue weighted by molar-refractivity contribution is -0.114. The second-order valence-electron chi connectivity index (χ2n) is 7.25. The summed E-state index contributed by atoms with van der Waals surface area (Å²) in [5.74, 6) is 0.500. The van der Waals surface area contributed by atoms with Crippen molar-refractivity contribution in [3.63, 3.8) is 0 Å². The van der Waals surface area contributed by atoms with Gasteiger partial charge < -0.3 is 16.0 Å². The summed E-state index contributed by atoms with van der Waals surface area (Å²) in [5.41, 5.74) is 1.48. The molecule has 3 unspecified atom stereocenters. The summed E-state index contributed by atoms with van der Waals surface area (Å²) >= 11 is 1.60. The Bertz CT molecular complexity index is 853. The molecule has 2 bridgehead atoms. The van der Waals surface area contributed by atoms with Crippen LogP contribution in [0.25, 0.3) is 0 Å². The predicted octanol–water partition coefficient (Wildman–Crippen LogP) is 3.28. The van der Waals surface area contributed by atoms with Crippen LogP contribution in [0.3, 0.4) is 0 Å². The normalized spacial score (nSPS) is 23.2. The van der Waals surface area contributed by atoms with Crippen molar-refractivity contribution in [2.24, 2.45) is 5.92 Å². The van der Waals surface area contributed by atoms with Crippen LogP contribution in [-0.4, -0.2) is 30.4 Å². The molecule has 0 aromatic heterocycles. The van der Waals surface area contributed by atoms with Gasteiger partial charge in [0.05, 0.1) is 0 Å². The molecule has 140 valence electrons. The van der Waals surface area contributed by atoms with E-state index in [-0.39, 0.29) is 11.8 Å². The number of nitrogens with one attached hydrogen (secondary N) is 3. The molecule has 2 amide bonds. The van der Waals surface area contributed by atoms with Crippen LogP contribution < -0.4 is 16.0 Å². The Morgan fingerprint density at radius 3 is 2.56 bits per heavy atom. The van der Waals surface area contributed by atoms with Crippen LogP contribution >= 0.6 is 11.8 Å². The Kier molecular flexibility index (Phi) is 5.18. The van der Waals surface area contributed by atoms with Crippen molar-refractivity contribution in [3.05, 3.63) is 54.1 Å². The van der Waals surface area contributed by atoms with Crippen LogP contribution in [0, 0.1) is 5.92 Å². The third-order valence-corrected chi connectivity index (χ3v) is 6.18. The molecule has 1 saturated heterocycles. The lowest BCUT2D eigenvalue weighted by atomic mass is 10.0. The van der Waals surface area contributed by atoms with Gasteiger partial charge in [0, 0.05) is 46.6 Å². The molecule has 2 aromatic carbocycles. The lowest BCUT2D eigenvalue weighted by Crippen LogP contribution is -2.44. The van der Waals surface area contributed by atoms with E-state index in [9.17, 15) is 9.59 Å². The topological polar surface area (TPSA) is 70.2 Å². The highest BCUT2D eigenvalue weighted by Crippen LogP contribution is 2.32. The van der Waals surface area contributed by atoms with Gasteiger partial charge in [-0.3, -0.25) is 9.59 Å². The van der Waals surface area contributed by atoms with E-state index in [0.29, 0.717) is 23.6 Å². The zero-order valence-corrected chi connectivity index (χ0v) is 16.0. The van der Waals surface area contributed by atoms with Crippen molar-refractivity contribution in [1.82, 2.24) is 10.6 Å². The summed E-state index contributed by atoms with van der Waals surface area (Å²) in [4.78, 5) is 25.8. The van der Waals surface area contributed by atoms with E-state index in [1.54, 1.807) is 11.8 Å². The number of amides is 2. The van der Waals surface area contributed by atoms with Gasteiger partial charge in [-0.05, 0) is 61.2 Å². The zero-order chi connectivity index (χ0) is 18.8. The molecule has 6 heteroatoms. The molecule has 1 aliphatic heterocycles. The standard InChI is InChI=1S/C21H23N3O2S/c1-13(25)23-16-3-2-4-19(10-16)27-18-7-5-14(6-8-18)21(26)24-20-11-17-9-15(20)12-22-17/h2-8,10,15,17,20,22H,9,11-12H2,1H3,(H,23,25)(H,24,26). The Balaban J connectivity index is 1.37. The summed E-state index contributed by atoms with van der Waals surface area (Å²) in [5, 5.41) is 9.45. The van der Waals surface area contributed by atoms with Crippen molar-refractivity contribution in [2.75, 3.05) is 11.9 Å². The highest BCUT2D eigenvalue weighted by Gasteiger charge is 2.40. The fourth-order valence-corrected chi connectivity index (χ4v) is 4.79. The Hall–Kier alpha value is -2.31. The molecule has 4 rings (SSSR count). The number of hydrogen-bond donors (Lipinski definition) is 3. The first-order valence-electron chi connectivity index (χ1n) is 9.26. The molecule has 0 spiro atoms. The van der Waals surface area contributed by atoms with E-state index in [4.69, 9.17) is 0 Å². The van der Waals surface area contributed by atoms with E-state index in [1.165, 1.54) is 13.3 Å². The molecular formula is C21H23N3O2S. The van der Waals surface area contributed by atoms with Crippen LogP contribution in [-0.2, 0) is 4.79 Å². The maximum absolute atomic E-state index is 12.5. The number of carbonyl (C=O) groups excluding carboxylic acids is 2. The summed E-state index contributed by atoms with van der Waals surface area (Å²) in [6.45, 7) is 2.51. The van der Waals surface area contributed by atoms with Gasteiger partial charge in [0.1, 0.15) is 0 Å². The van der Waals surface area contributed by atoms with E-state index >= 15 is 0 Å². The van der Waals surface area contributed by atoms with Gasteiger partial charge in [0.15, 0.2) is 0 Å². The fraction of sp³-hybridized carbons (Fsp3) is 0.333. The molecule has 0 radical (unpaired) electrons. The summed E-state index contributed by atoms with van der Waals surface area (Å²) in [6, 6.07) is 16.3. The number of piperidine rings is 1. The molecule has 2 aromatic rings. The molecule has 2 fully saturated rings. The number of rotatable bonds is 5. The Morgan fingerprint density at radius 1 is 1.07 bits per heavy atom. The number of anilines is 1. The fourth-order valence-electron chi connectivity index (χ4n) is 3.91. The average Bonchev–Trinajstić information content (AvgIpc) is 3.25. The highest BCUT2D eigenvalue weighted by atomic mass is 32.2. The van der Waals surface area contributed by atoms with Gasteiger partial charge in [-0.25, -0.2) is 0 Å². The lowest BCUT2D eigenvalue weighted by Gasteiger charge is -2.23. The second-order valence-corrected chi connectivity index (χ2v) is 8.40. The first kappa shape index (κ1) is 18.1. The maximum Gasteiger partial charge on any atom is 0.251 e. The van der Waals surface area contributed by atoms with E-state index < -0.39 is 0 Å².